The maximum atomic E-state index is 13.5. The Morgan fingerprint density at radius 1 is 0.909 bits per heavy atom. The topological polar surface area (TPSA) is 58.2 Å². The highest BCUT2D eigenvalue weighted by molar-refractivity contribution is 7.17. The number of aryl methyl sites for hydroxylation is 2. The van der Waals surface area contributed by atoms with Crippen LogP contribution in [0.1, 0.15) is 69.5 Å². The number of carbonyl (C=O) groups is 2. The molecule has 172 valence electrons. The first-order valence-electron chi connectivity index (χ1n) is 11.5. The van der Waals surface area contributed by atoms with Crippen LogP contribution in [0.5, 0.6) is 0 Å². The zero-order chi connectivity index (χ0) is 23.8. The van der Waals surface area contributed by atoms with E-state index in [0.717, 1.165) is 41.6 Å². The summed E-state index contributed by atoms with van der Waals surface area (Å²) in [7, 11) is 0. The number of benzene rings is 2. The molecule has 0 fully saturated rings. The molecule has 1 unspecified atom stereocenters. The molecule has 5 heteroatoms. The van der Waals surface area contributed by atoms with Crippen molar-refractivity contribution in [2.24, 2.45) is 11.3 Å². The number of thiophene rings is 1. The normalized spacial score (nSPS) is 15.6. The third-order valence-corrected chi connectivity index (χ3v) is 7.90. The maximum absolute atomic E-state index is 13.5. The highest BCUT2D eigenvalue weighted by atomic mass is 32.1. The summed E-state index contributed by atoms with van der Waals surface area (Å²) in [4.78, 5) is 27.9. The highest BCUT2D eigenvalue weighted by Crippen LogP contribution is 2.44. The molecule has 1 atom stereocenters. The zero-order valence-corrected chi connectivity index (χ0v) is 20.9. The lowest BCUT2D eigenvalue weighted by Crippen LogP contribution is -2.27. The van der Waals surface area contributed by atoms with Crippen LogP contribution in [-0.4, -0.2) is 11.8 Å². The lowest BCUT2D eigenvalue weighted by molar-refractivity contribution is 0.102. The van der Waals surface area contributed by atoms with Gasteiger partial charge in [-0.3, -0.25) is 9.59 Å². The number of para-hydroxylation sites is 1. The van der Waals surface area contributed by atoms with Gasteiger partial charge < -0.3 is 10.6 Å². The van der Waals surface area contributed by atoms with Gasteiger partial charge in [0.05, 0.1) is 5.56 Å². The molecule has 1 aliphatic rings. The molecule has 4 nitrogen and oxygen atoms in total. The number of hydrogen-bond donors (Lipinski definition) is 2. The van der Waals surface area contributed by atoms with Gasteiger partial charge in [-0.2, -0.15) is 0 Å². The van der Waals surface area contributed by atoms with Crippen LogP contribution >= 0.6 is 11.3 Å². The van der Waals surface area contributed by atoms with Gasteiger partial charge in [0.25, 0.3) is 11.8 Å². The van der Waals surface area contributed by atoms with Crippen molar-refractivity contribution in [1.29, 1.82) is 0 Å². The van der Waals surface area contributed by atoms with E-state index in [2.05, 4.69) is 31.4 Å². The summed E-state index contributed by atoms with van der Waals surface area (Å²) >= 11 is 1.56. The van der Waals surface area contributed by atoms with Gasteiger partial charge in [-0.1, -0.05) is 57.2 Å². The molecule has 2 aromatic carbocycles. The number of fused-ring (bicyclic) bond motifs is 1. The minimum atomic E-state index is -0.177. The first-order valence-corrected chi connectivity index (χ1v) is 12.3. The predicted molar refractivity (Wildman–Crippen MR) is 138 cm³/mol. The Balaban J connectivity index is 1.71. The molecule has 0 aliphatic heterocycles. The monoisotopic (exact) mass is 460 g/mol. The van der Waals surface area contributed by atoms with E-state index in [4.69, 9.17) is 0 Å². The molecule has 0 radical (unpaired) electrons. The van der Waals surface area contributed by atoms with E-state index in [0.29, 0.717) is 22.0 Å². The molecule has 0 saturated heterocycles. The first-order chi connectivity index (χ1) is 15.6. The predicted octanol–water partition coefficient (Wildman–Crippen LogP) is 7.02. The molecule has 0 spiro atoms. The summed E-state index contributed by atoms with van der Waals surface area (Å²) in [5, 5.41) is 6.81. The van der Waals surface area contributed by atoms with Gasteiger partial charge in [-0.25, -0.2) is 0 Å². The third-order valence-electron chi connectivity index (χ3n) is 6.73. The Morgan fingerprint density at radius 2 is 1.58 bits per heavy atom. The number of amides is 2. The zero-order valence-electron chi connectivity index (χ0n) is 20.0. The van der Waals surface area contributed by atoms with Crippen LogP contribution < -0.4 is 10.6 Å². The molecule has 2 N–H and O–H groups in total. The quantitative estimate of drug-likeness (QED) is 0.439. The average molecular weight is 461 g/mol. The molecule has 33 heavy (non-hydrogen) atoms. The highest BCUT2D eigenvalue weighted by Gasteiger charge is 2.34. The van der Waals surface area contributed by atoms with Crippen molar-refractivity contribution < 1.29 is 9.59 Å². The van der Waals surface area contributed by atoms with Crippen molar-refractivity contribution in [3.63, 3.8) is 0 Å². The SMILES string of the molecule is Cc1ccccc1NC(=O)c1c(NC(=O)c2ccccc2C)sc2c1CCC(C(C)(C)C)C2. The number of anilines is 2. The van der Waals surface area contributed by atoms with E-state index < -0.39 is 0 Å². The molecule has 1 aromatic heterocycles. The van der Waals surface area contributed by atoms with Gasteiger partial charge in [0.2, 0.25) is 0 Å². The number of nitrogens with one attached hydrogen (secondary N) is 2. The Hall–Kier alpha value is -2.92. The lowest BCUT2D eigenvalue weighted by Gasteiger charge is -2.33. The van der Waals surface area contributed by atoms with Crippen LogP contribution in [0.25, 0.3) is 0 Å². The smallest absolute Gasteiger partial charge is 0.258 e. The molecular weight excluding hydrogens is 428 g/mol. The second-order valence-electron chi connectivity index (χ2n) is 10.1. The molecule has 1 heterocycles. The average Bonchev–Trinajstić information content (AvgIpc) is 3.12. The van der Waals surface area contributed by atoms with Crippen molar-refractivity contribution in [3.05, 3.63) is 81.2 Å². The van der Waals surface area contributed by atoms with E-state index >= 15 is 0 Å². The number of carbonyl (C=O) groups excluding carboxylic acids is 2. The maximum Gasteiger partial charge on any atom is 0.258 e. The molecule has 0 bridgehead atoms. The van der Waals surface area contributed by atoms with E-state index in [-0.39, 0.29) is 17.2 Å². The second kappa shape index (κ2) is 9.14. The van der Waals surface area contributed by atoms with E-state index in [1.165, 1.54) is 4.88 Å². The Morgan fingerprint density at radius 3 is 2.24 bits per heavy atom. The van der Waals surface area contributed by atoms with Crippen LogP contribution in [0, 0.1) is 25.2 Å². The van der Waals surface area contributed by atoms with Crippen molar-refractivity contribution >= 4 is 33.8 Å². The fourth-order valence-electron chi connectivity index (χ4n) is 4.55. The Kier molecular flexibility index (Phi) is 6.44. The number of rotatable bonds is 4. The van der Waals surface area contributed by atoms with Gasteiger partial charge in [0, 0.05) is 16.1 Å². The summed E-state index contributed by atoms with van der Waals surface area (Å²) in [5.41, 5.74) is 5.25. The van der Waals surface area contributed by atoms with Crippen LogP contribution in [0.15, 0.2) is 48.5 Å². The van der Waals surface area contributed by atoms with Gasteiger partial charge in [-0.05, 0) is 73.3 Å². The van der Waals surface area contributed by atoms with Crippen molar-refractivity contribution in [2.45, 2.75) is 53.9 Å². The second-order valence-corrected chi connectivity index (χ2v) is 11.2. The molecule has 0 saturated carbocycles. The Labute approximate surface area is 200 Å². The summed E-state index contributed by atoms with van der Waals surface area (Å²) in [6.45, 7) is 10.7. The van der Waals surface area contributed by atoms with Gasteiger partial charge in [0.1, 0.15) is 5.00 Å². The molecule has 2 amide bonds. The molecular formula is C28H32N2O2S. The summed E-state index contributed by atoms with van der Waals surface area (Å²) in [5.74, 6) is 0.218. The van der Waals surface area contributed by atoms with Crippen molar-refractivity contribution in [1.82, 2.24) is 0 Å². The number of hydrogen-bond acceptors (Lipinski definition) is 3. The van der Waals surface area contributed by atoms with Crippen LogP contribution in [0.4, 0.5) is 10.7 Å². The van der Waals surface area contributed by atoms with Crippen LogP contribution in [0.3, 0.4) is 0 Å². The minimum absolute atomic E-state index is 0.156. The van der Waals surface area contributed by atoms with Crippen LogP contribution in [-0.2, 0) is 12.8 Å². The molecule has 3 aromatic rings. The van der Waals surface area contributed by atoms with Gasteiger partial charge in [-0.15, -0.1) is 11.3 Å². The van der Waals surface area contributed by atoms with E-state index in [1.807, 2.05) is 62.4 Å². The van der Waals surface area contributed by atoms with Crippen LogP contribution in [0.2, 0.25) is 0 Å². The Bertz CT molecular complexity index is 1200. The van der Waals surface area contributed by atoms with Gasteiger partial charge in [0.15, 0.2) is 0 Å². The summed E-state index contributed by atoms with van der Waals surface area (Å²) in [6, 6.07) is 15.3. The fraction of sp³-hybridized carbons (Fsp3) is 0.357. The first kappa shape index (κ1) is 23.2. The molecule has 1 aliphatic carbocycles. The van der Waals surface area contributed by atoms with E-state index in [9.17, 15) is 9.59 Å². The fourth-order valence-corrected chi connectivity index (χ4v) is 5.87. The van der Waals surface area contributed by atoms with Crippen molar-refractivity contribution in [2.75, 3.05) is 10.6 Å². The minimum Gasteiger partial charge on any atom is -0.322 e. The lowest BCUT2D eigenvalue weighted by atomic mass is 9.72. The standard InChI is InChI=1S/C28H32N2O2S/c1-17-10-6-8-12-20(17)25(31)30-27-24(26(32)29-22-13-9-7-11-18(22)2)21-15-14-19(28(3,4)5)16-23(21)33-27/h6-13,19H,14-16H2,1-5H3,(H,29,32)(H,30,31). The van der Waals surface area contributed by atoms with E-state index in [1.54, 1.807) is 11.3 Å². The largest absolute Gasteiger partial charge is 0.322 e. The summed E-state index contributed by atoms with van der Waals surface area (Å²) < 4.78 is 0. The van der Waals surface area contributed by atoms with Gasteiger partial charge >= 0.3 is 0 Å². The molecule has 4 rings (SSSR count). The van der Waals surface area contributed by atoms with Crippen molar-refractivity contribution in [3.8, 4) is 0 Å². The third kappa shape index (κ3) is 4.88. The summed E-state index contributed by atoms with van der Waals surface area (Å²) in [6.07, 6.45) is 2.84.